The smallest absolute Gasteiger partial charge is 0.0991 e. The minimum atomic E-state index is -0.495. The van der Waals surface area contributed by atoms with Crippen molar-refractivity contribution in [2.75, 3.05) is 13.1 Å². The monoisotopic (exact) mass is 321 g/mol. The average molecular weight is 321 g/mol. The van der Waals surface area contributed by atoms with E-state index in [2.05, 4.69) is 41.1 Å². The first-order chi connectivity index (χ1) is 11.8. The highest BCUT2D eigenvalue weighted by atomic mass is 16.3. The molecule has 1 unspecified atom stereocenters. The van der Waals surface area contributed by atoms with Crippen molar-refractivity contribution in [2.24, 2.45) is 0 Å². The molecular weight excluding hydrogens is 298 g/mol. The Labute approximate surface area is 143 Å². The van der Waals surface area contributed by atoms with Crippen LogP contribution in [0.5, 0.6) is 0 Å². The maximum absolute atomic E-state index is 10.6. The number of benzene rings is 2. The Bertz CT molecular complexity index is 723. The van der Waals surface area contributed by atoms with Crippen LogP contribution in [-0.2, 0) is 6.54 Å². The standard InChI is InChI=1S/C20H23N3O/c1-2-22(14-17-6-4-3-5-7-17)15-20(24)18-8-10-19(11-9-18)23-13-12-21-16-23/h3-13,16,20,24H,2,14-15H2,1H3. The number of hydrogen-bond acceptors (Lipinski definition) is 3. The molecule has 3 rings (SSSR count). The van der Waals surface area contributed by atoms with Crippen LogP contribution in [0.25, 0.3) is 5.69 Å². The van der Waals surface area contributed by atoms with Crippen molar-refractivity contribution in [2.45, 2.75) is 19.6 Å². The number of aromatic nitrogens is 2. The van der Waals surface area contributed by atoms with Gasteiger partial charge in [-0.15, -0.1) is 0 Å². The van der Waals surface area contributed by atoms with Gasteiger partial charge in [-0.05, 0) is 29.8 Å². The molecule has 0 saturated heterocycles. The molecule has 1 heterocycles. The van der Waals surface area contributed by atoms with Crippen LogP contribution in [0.3, 0.4) is 0 Å². The van der Waals surface area contributed by atoms with Crippen molar-refractivity contribution in [1.29, 1.82) is 0 Å². The summed E-state index contributed by atoms with van der Waals surface area (Å²) in [7, 11) is 0. The number of likely N-dealkylation sites (N-methyl/N-ethyl adjacent to an activating group) is 1. The SMILES string of the molecule is CCN(Cc1ccccc1)CC(O)c1ccc(-n2ccnc2)cc1. The number of hydrogen-bond donors (Lipinski definition) is 1. The molecule has 0 aliphatic rings. The largest absolute Gasteiger partial charge is 0.387 e. The number of aliphatic hydroxyl groups is 1. The first kappa shape index (κ1) is 16.4. The quantitative estimate of drug-likeness (QED) is 0.725. The summed E-state index contributed by atoms with van der Waals surface area (Å²) in [5.74, 6) is 0. The molecule has 124 valence electrons. The summed E-state index contributed by atoms with van der Waals surface area (Å²) in [6, 6.07) is 18.3. The summed E-state index contributed by atoms with van der Waals surface area (Å²) in [5.41, 5.74) is 3.24. The van der Waals surface area contributed by atoms with E-state index < -0.39 is 6.10 Å². The molecule has 24 heavy (non-hydrogen) atoms. The molecule has 3 aromatic rings. The fourth-order valence-corrected chi connectivity index (χ4v) is 2.78. The first-order valence-corrected chi connectivity index (χ1v) is 8.29. The van der Waals surface area contributed by atoms with Crippen molar-refractivity contribution < 1.29 is 5.11 Å². The molecule has 0 amide bonds. The number of aliphatic hydroxyl groups excluding tert-OH is 1. The minimum absolute atomic E-state index is 0.495. The lowest BCUT2D eigenvalue weighted by molar-refractivity contribution is 0.112. The Morgan fingerprint density at radius 2 is 1.83 bits per heavy atom. The Kier molecular flexibility index (Phi) is 5.41. The Balaban J connectivity index is 1.63. The molecule has 2 aromatic carbocycles. The van der Waals surface area contributed by atoms with Crippen LogP contribution in [0, 0.1) is 0 Å². The molecule has 0 fully saturated rings. The number of rotatable bonds is 7. The van der Waals surface area contributed by atoms with Crippen molar-refractivity contribution in [3.8, 4) is 5.69 Å². The van der Waals surface area contributed by atoms with Crippen molar-refractivity contribution in [3.63, 3.8) is 0 Å². The molecule has 1 atom stereocenters. The van der Waals surface area contributed by atoms with Gasteiger partial charge in [-0.25, -0.2) is 4.98 Å². The summed E-state index contributed by atoms with van der Waals surface area (Å²) < 4.78 is 1.95. The van der Waals surface area contributed by atoms with Gasteiger partial charge in [0.15, 0.2) is 0 Å². The second-order valence-electron chi connectivity index (χ2n) is 5.89. The Morgan fingerprint density at radius 3 is 2.46 bits per heavy atom. The fourth-order valence-electron chi connectivity index (χ4n) is 2.78. The summed E-state index contributed by atoms with van der Waals surface area (Å²) in [4.78, 5) is 6.31. The van der Waals surface area contributed by atoms with Gasteiger partial charge in [0.1, 0.15) is 0 Å². The maximum Gasteiger partial charge on any atom is 0.0991 e. The van der Waals surface area contributed by atoms with Crippen LogP contribution < -0.4 is 0 Å². The van der Waals surface area contributed by atoms with Gasteiger partial charge in [0.2, 0.25) is 0 Å². The molecule has 1 N–H and O–H groups in total. The molecule has 0 aliphatic heterocycles. The fraction of sp³-hybridized carbons (Fsp3) is 0.250. The highest BCUT2D eigenvalue weighted by Crippen LogP contribution is 2.18. The zero-order valence-electron chi connectivity index (χ0n) is 13.9. The highest BCUT2D eigenvalue weighted by Gasteiger charge is 2.13. The lowest BCUT2D eigenvalue weighted by atomic mass is 10.1. The van der Waals surface area contributed by atoms with E-state index in [0.29, 0.717) is 6.54 Å². The Morgan fingerprint density at radius 1 is 1.08 bits per heavy atom. The third kappa shape index (κ3) is 4.10. The van der Waals surface area contributed by atoms with E-state index in [1.165, 1.54) is 5.56 Å². The van der Waals surface area contributed by atoms with Gasteiger partial charge in [0, 0.05) is 31.2 Å². The summed E-state index contributed by atoms with van der Waals surface area (Å²) in [6.45, 7) is 4.49. The van der Waals surface area contributed by atoms with Crippen LogP contribution in [0.2, 0.25) is 0 Å². The van der Waals surface area contributed by atoms with Gasteiger partial charge in [-0.1, -0.05) is 49.4 Å². The van der Waals surface area contributed by atoms with E-state index in [-0.39, 0.29) is 0 Å². The minimum Gasteiger partial charge on any atom is -0.387 e. The van der Waals surface area contributed by atoms with E-state index in [9.17, 15) is 5.11 Å². The molecule has 1 aromatic heterocycles. The number of imidazole rings is 1. The summed E-state index contributed by atoms with van der Waals surface area (Å²) in [6.07, 6.45) is 4.94. The van der Waals surface area contributed by atoms with Crippen LogP contribution in [0.15, 0.2) is 73.3 Å². The highest BCUT2D eigenvalue weighted by molar-refractivity contribution is 5.35. The zero-order chi connectivity index (χ0) is 16.8. The molecule has 4 heteroatoms. The normalized spacial score (nSPS) is 12.5. The van der Waals surface area contributed by atoms with Crippen LogP contribution in [0.1, 0.15) is 24.2 Å². The molecule has 0 spiro atoms. The zero-order valence-corrected chi connectivity index (χ0v) is 13.9. The molecule has 4 nitrogen and oxygen atoms in total. The molecule has 0 saturated carbocycles. The summed E-state index contributed by atoms with van der Waals surface area (Å²) >= 11 is 0. The second kappa shape index (κ2) is 7.90. The van der Waals surface area contributed by atoms with Crippen molar-refractivity contribution in [3.05, 3.63) is 84.4 Å². The van der Waals surface area contributed by atoms with E-state index in [0.717, 1.165) is 24.3 Å². The third-order valence-corrected chi connectivity index (χ3v) is 4.21. The van der Waals surface area contributed by atoms with Gasteiger partial charge >= 0.3 is 0 Å². The van der Waals surface area contributed by atoms with Gasteiger partial charge in [-0.2, -0.15) is 0 Å². The predicted octanol–water partition coefficient (Wildman–Crippen LogP) is 3.43. The molecule has 0 bridgehead atoms. The average Bonchev–Trinajstić information content (AvgIpc) is 3.17. The topological polar surface area (TPSA) is 41.3 Å². The van der Waals surface area contributed by atoms with E-state index in [1.807, 2.05) is 41.1 Å². The van der Waals surface area contributed by atoms with Crippen LogP contribution >= 0.6 is 0 Å². The number of nitrogens with zero attached hydrogens (tertiary/aromatic N) is 3. The van der Waals surface area contributed by atoms with E-state index in [1.54, 1.807) is 12.5 Å². The third-order valence-electron chi connectivity index (χ3n) is 4.21. The van der Waals surface area contributed by atoms with Crippen LogP contribution in [0.4, 0.5) is 0 Å². The molecule has 0 radical (unpaired) electrons. The molecule has 0 aliphatic carbocycles. The molecular formula is C20H23N3O. The predicted molar refractivity (Wildman–Crippen MR) is 95.9 cm³/mol. The van der Waals surface area contributed by atoms with Gasteiger partial charge < -0.3 is 9.67 Å². The van der Waals surface area contributed by atoms with Crippen LogP contribution in [-0.4, -0.2) is 32.6 Å². The van der Waals surface area contributed by atoms with E-state index >= 15 is 0 Å². The van der Waals surface area contributed by atoms with Crippen molar-refractivity contribution >= 4 is 0 Å². The van der Waals surface area contributed by atoms with Gasteiger partial charge in [-0.3, -0.25) is 4.90 Å². The van der Waals surface area contributed by atoms with Crippen molar-refractivity contribution in [1.82, 2.24) is 14.5 Å². The van der Waals surface area contributed by atoms with Gasteiger partial charge in [0.05, 0.1) is 12.4 Å². The lowest BCUT2D eigenvalue weighted by Gasteiger charge is -2.24. The first-order valence-electron chi connectivity index (χ1n) is 8.29. The summed E-state index contributed by atoms with van der Waals surface area (Å²) in [5, 5.41) is 10.6. The van der Waals surface area contributed by atoms with Gasteiger partial charge in [0.25, 0.3) is 0 Å². The second-order valence-corrected chi connectivity index (χ2v) is 5.89. The maximum atomic E-state index is 10.6. The Hall–Kier alpha value is -2.43. The lowest BCUT2D eigenvalue weighted by Crippen LogP contribution is -2.28. The van der Waals surface area contributed by atoms with E-state index in [4.69, 9.17) is 0 Å².